The fourth-order valence-corrected chi connectivity index (χ4v) is 2.07. The molecule has 0 spiro atoms. The molecule has 0 aliphatic carbocycles. The van der Waals surface area contributed by atoms with E-state index in [1.165, 1.54) is 0 Å². The van der Waals surface area contributed by atoms with E-state index < -0.39 is 0 Å². The van der Waals surface area contributed by atoms with Crippen LogP contribution in [0.4, 0.5) is 0 Å². The molecule has 1 aromatic carbocycles. The van der Waals surface area contributed by atoms with E-state index in [0.717, 1.165) is 32.7 Å². The van der Waals surface area contributed by atoms with Gasteiger partial charge in [-0.2, -0.15) is 0 Å². The van der Waals surface area contributed by atoms with Crippen LogP contribution in [0.3, 0.4) is 0 Å². The molecule has 1 heterocycles. The average Bonchev–Trinajstić information content (AvgIpc) is 2.59. The second-order valence-corrected chi connectivity index (χ2v) is 4.68. The summed E-state index contributed by atoms with van der Waals surface area (Å²) in [6.07, 6.45) is 0. The van der Waals surface area contributed by atoms with Gasteiger partial charge in [-0.25, -0.2) is 0 Å². The number of carbonyl (C=O) groups is 1. The summed E-state index contributed by atoms with van der Waals surface area (Å²) >= 11 is 0. The van der Waals surface area contributed by atoms with E-state index in [0.29, 0.717) is 12.1 Å². The molecule has 1 aliphatic heterocycles. The van der Waals surface area contributed by atoms with Crippen LogP contribution in [0.15, 0.2) is 30.3 Å². The van der Waals surface area contributed by atoms with Crippen LogP contribution in [-0.4, -0.2) is 51.2 Å². The van der Waals surface area contributed by atoms with Crippen molar-refractivity contribution in [3.8, 4) is 0 Å². The SMILES string of the molecule is O=C(NCC1CNCCNCCN1)c1ccccc1. The van der Waals surface area contributed by atoms with Gasteiger partial charge in [-0.3, -0.25) is 4.79 Å². The molecule has 5 heteroatoms. The Labute approximate surface area is 114 Å². The summed E-state index contributed by atoms with van der Waals surface area (Å²) in [4.78, 5) is 11.9. The molecular formula is C14H22N4O. The van der Waals surface area contributed by atoms with Gasteiger partial charge in [0.05, 0.1) is 0 Å². The molecule has 5 nitrogen and oxygen atoms in total. The number of hydrogen-bond donors (Lipinski definition) is 4. The first kappa shape index (κ1) is 14.0. The first-order valence-electron chi connectivity index (χ1n) is 6.84. The van der Waals surface area contributed by atoms with E-state index in [1.54, 1.807) is 0 Å². The van der Waals surface area contributed by atoms with Crippen molar-refractivity contribution in [3.05, 3.63) is 35.9 Å². The van der Waals surface area contributed by atoms with E-state index in [-0.39, 0.29) is 11.9 Å². The number of carbonyl (C=O) groups excluding carboxylic acids is 1. The maximum atomic E-state index is 11.9. The van der Waals surface area contributed by atoms with Gasteiger partial charge in [0.25, 0.3) is 5.91 Å². The molecule has 0 aromatic heterocycles. The molecular weight excluding hydrogens is 240 g/mol. The summed E-state index contributed by atoms with van der Waals surface area (Å²) in [6, 6.07) is 9.59. The van der Waals surface area contributed by atoms with Crippen molar-refractivity contribution in [2.75, 3.05) is 39.3 Å². The third kappa shape index (κ3) is 4.98. The molecule has 0 bridgehead atoms. The highest BCUT2D eigenvalue weighted by Gasteiger charge is 2.11. The molecule has 1 fully saturated rings. The second kappa shape index (κ2) is 7.89. The van der Waals surface area contributed by atoms with Crippen LogP contribution >= 0.6 is 0 Å². The van der Waals surface area contributed by atoms with Gasteiger partial charge in [0, 0.05) is 50.9 Å². The van der Waals surface area contributed by atoms with Crippen molar-refractivity contribution in [3.63, 3.8) is 0 Å². The zero-order chi connectivity index (χ0) is 13.3. The van der Waals surface area contributed by atoms with Crippen molar-refractivity contribution >= 4 is 5.91 Å². The van der Waals surface area contributed by atoms with E-state index in [4.69, 9.17) is 0 Å². The molecule has 2 rings (SSSR count). The predicted molar refractivity (Wildman–Crippen MR) is 76.3 cm³/mol. The van der Waals surface area contributed by atoms with Gasteiger partial charge in [-0.05, 0) is 12.1 Å². The van der Waals surface area contributed by atoms with Gasteiger partial charge < -0.3 is 21.3 Å². The van der Waals surface area contributed by atoms with Gasteiger partial charge in [0.1, 0.15) is 0 Å². The minimum Gasteiger partial charge on any atom is -0.350 e. The molecule has 104 valence electrons. The van der Waals surface area contributed by atoms with Crippen LogP contribution in [0.2, 0.25) is 0 Å². The first-order chi connectivity index (χ1) is 9.36. The van der Waals surface area contributed by atoms with E-state index in [9.17, 15) is 4.79 Å². The van der Waals surface area contributed by atoms with Crippen LogP contribution in [0, 0.1) is 0 Å². The standard InChI is InChI=1S/C14H22N4O/c19-14(12-4-2-1-3-5-12)18-11-13-10-16-7-6-15-8-9-17-13/h1-5,13,15-17H,6-11H2,(H,18,19). The number of amides is 1. The monoisotopic (exact) mass is 262 g/mol. The lowest BCUT2D eigenvalue weighted by atomic mass is 10.2. The van der Waals surface area contributed by atoms with Gasteiger partial charge >= 0.3 is 0 Å². The molecule has 1 unspecified atom stereocenters. The van der Waals surface area contributed by atoms with E-state index in [1.807, 2.05) is 30.3 Å². The highest BCUT2D eigenvalue weighted by Crippen LogP contribution is 1.97. The molecule has 1 saturated heterocycles. The minimum atomic E-state index is -0.0135. The van der Waals surface area contributed by atoms with Crippen molar-refractivity contribution in [1.29, 1.82) is 0 Å². The third-order valence-electron chi connectivity index (χ3n) is 3.15. The van der Waals surface area contributed by atoms with Gasteiger partial charge in [0.2, 0.25) is 0 Å². The smallest absolute Gasteiger partial charge is 0.251 e. The van der Waals surface area contributed by atoms with E-state index in [2.05, 4.69) is 21.3 Å². The molecule has 4 N–H and O–H groups in total. The lowest BCUT2D eigenvalue weighted by Crippen LogP contribution is -2.47. The lowest BCUT2D eigenvalue weighted by Gasteiger charge is -2.18. The third-order valence-corrected chi connectivity index (χ3v) is 3.15. The Bertz CT molecular complexity index is 372. The number of benzene rings is 1. The number of hydrogen-bond acceptors (Lipinski definition) is 4. The van der Waals surface area contributed by atoms with Crippen molar-refractivity contribution in [1.82, 2.24) is 21.3 Å². The maximum absolute atomic E-state index is 11.9. The van der Waals surface area contributed by atoms with Crippen LogP contribution in [0.1, 0.15) is 10.4 Å². The van der Waals surface area contributed by atoms with E-state index >= 15 is 0 Å². The predicted octanol–water partition coefficient (Wildman–Crippen LogP) is -0.433. The van der Waals surface area contributed by atoms with Crippen LogP contribution in [0.25, 0.3) is 0 Å². The molecule has 0 saturated carbocycles. The van der Waals surface area contributed by atoms with Crippen LogP contribution < -0.4 is 21.3 Å². The Morgan fingerprint density at radius 2 is 1.84 bits per heavy atom. The number of nitrogens with one attached hydrogen (secondary N) is 4. The molecule has 1 amide bonds. The summed E-state index contributed by atoms with van der Waals surface area (Å²) in [5, 5.41) is 13.1. The Kier molecular flexibility index (Phi) is 5.81. The highest BCUT2D eigenvalue weighted by atomic mass is 16.1. The van der Waals surface area contributed by atoms with Crippen LogP contribution in [-0.2, 0) is 0 Å². The lowest BCUT2D eigenvalue weighted by molar-refractivity contribution is 0.0949. The Hall–Kier alpha value is -1.43. The summed E-state index contributed by atoms with van der Waals surface area (Å²) in [6.45, 7) is 5.35. The average molecular weight is 262 g/mol. The Morgan fingerprint density at radius 1 is 1.11 bits per heavy atom. The fourth-order valence-electron chi connectivity index (χ4n) is 2.07. The molecule has 19 heavy (non-hydrogen) atoms. The number of rotatable bonds is 3. The maximum Gasteiger partial charge on any atom is 0.251 e. The summed E-state index contributed by atoms with van der Waals surface area (Å²) in [7, 11) is 0. The summed E-state index contributed by atoms with van der Waals surface area (Å²) < 4.78 is 0. The molecule has 1 aliphatic rings. The Balaban J connectivity index is 1.78. The minimum absolute atomic E-state index is 0.0135. The van der Waals surface area contributed by atoms with Gasteiger partial charge in [0.15, 0.2) is 0 Å². The largest absolute Gasteiger partial charge is 0.350 e. The van der Waals surface area contributed by atoms with Crippen molar-refractivity contribution < 1.29 is 4.79 Å². The fraction of sp³-hybridized carbons (Fsp3) is 0.500. The zero-order valence-electron chi connectivity index (χ0n) is 11.1. The Morgan fingerprint density at radius 3 is 2.68 bits per heavy atom. The summed E-state index contributed by atoms with van der Waals surface area (Å²) in [5.41, 5.74) is 0.709. The zero-order valence-corrected chi connectivity index (χ0v) is 11.1. The van der Waals surface area contributed by atoms with Gasteiger partial charge in [-0.15, -0.1) is 0 Å². The summed E-state index contributed by atoms with van der Waals surface area (Å²) in [5.74, 6) is -0.0135. The quantitative estimate of drug-likeness (QED) is 0.597. The van der Waals surface area contributed by atoms with Crippen molar-refractivity contribution in [2.45, 2.75) is 6.04 Å². The molecule has 1 atom stereocenters. The van der Waals surface area contributed by atoms with Crippen molar-refractivity contribution in [2.24, 2.45) is 0 Å². The van der Waals surface area contributed by atoms with Gasteiger partial charge in [-0.1, -0.05) is 18.2 Å². The normalized spacial score (nSPS) is 20.9. The topological polar surface area (TPSA) is 65.2 Å². The molecule has 1 aromatic rings. The second-order valence-electron chi connectivity index (χ2n) is 4.68. The highest BCUT2D eigenvalue weighted by molar-refractivity contribution is 5.94. The first-order valence-corrected chi connectivity index (χ1v) is 6.84. The molecule has 0 radical (unpaired) electrons. The van der Waals surface area contributed by atoms with Crippen LogP contribution in [0.5, 0.6) is 0 Å².